The second-order valence-corrected chi connectivity index (χ2v) is 13.1. The first kappa shape index (κ1) is 43.4. The summed E-state index contributed by atoms with van der Waals surface area (Å²) in [7, 11) is 1.44. The Balaban J connectivity index is 0. The van der Waals surface area contributed by atoms with Gasteiger partial charge in [0.05, 0.1) is 20.0 Å². The van der Waals surface area contributed by atoms with Crippen LogP contribution in [0, 0.1) is 24.7 Å². The van der Waals surface area contributed by atoms with E-state index in [-0.39, 0.29) is 12.4 Å². The number of hydrogen-bond donors (Lipinski definition) is 1. The van der Waals surface area contributed by atoms with Crippen LogP contribution in [0.1, 0.15) is 141 Å². The van der Waals surface area contributed by atoms with Crippen LogP contribution in [0.2, 0.25) is 0 Å². The molecule has 0 amide bonds. The van der Waals surface area contributed by atoms with Crippen molar-refractivity contribution in [2.24, 2.45) is 0 Å². The summed E-state index contributed by atoms with van der Waals surface area (Å²) >= 11 is 3.59. The number of esters is 1. The lowest BCUT2D eigenvalue weighted by molar-refractivity contribution is -0.140. The number of aliphatic carboxylic acids is 1. The standard InChI is InChI=1S/C19H32O2S.C18H30O2S/c1-3-4-5-6-7-8-9-10-11-12-13-14-15-17-22-18-16-19(20)21-2;1-2-3-4-5-6-7-8-9-10-11-12-13-14-16-21-17-15-18(19)20/h1,11-12H,4-10,13-18H2,2H3;1,10-11H,3-9,12-17H2,(H,19,20)/b12-11-;11-10-. The Morgan fingerprint density at radius 1 is 0.581 bits per heavy atom. The van der Waals surface area contributed by atoms with Gasteiger partial charge in [-0.15, -0.1) is 24.7 Å². The zero-order chi connectivity index (χ0) is 31.9. The van der Waals surface area contributed by atoms with E-state index in [9.17, 15) is 9.59 Å². The van der Waals surface area contributed by atoms with Crippen molar-refractivity contribution in [1.82, 2.24) is 0 Å². The SMILES string of the molecule is C#CCCCCCCC/C=C\CCCCSCCC(=O)O.C#CCCCCCCC/C=C\CCCCSCCC(=O)OC. The van der Waals surface area contributed by atoms with Crippen LogP contribution < -0.4 is 0 Å². The number of methoxy groups -OCH3 is 1. The molecule has 43 heavy (non-hydrogen) atoms. The van der Waals surface area contributed by atoms with Gasteiger partial charge in [0.1, 0.15) is 0 Å². The molecule has 6 heteroatoms. The third-order valence-electron chi connectivity index (χ3n) is 6.67. The van der Waals surface area contributed by atoms with Crippen molar-refractivity contribution >= 4 is 35.5 Å². The molecule has 0 aliphatic rings. The van der Waals surface area contributed by atoms with E-state index >= 15 is 0 Å². The number of unbranched alkanes of at least 4 members (excludes halogenated alkanes) is 16. The van der Waals surface area contributed by atoms with Crippen molar-refractivity contribution in [3.8, 4) is 24.7 Å². The van der Waals surface area contributed by atoms with Gasteiger partial charge in [-0.2, -0.15) is 23.5 Å². The highest BCUT2D eigenvalue weighted by molar-refractivity contribution is 7.99. The first-order valence-electron chi connectivity index (χ1n) is 16.7. The third kappa shape index (κ3) is 44.8. The largest absolute Gasteiger partial charge is 0.481 e. The van der Waals surface area contributed by atoms with Gasteiger partial charge in [0, 0.05) is 24.3 Å². The number of ether oxygens (including phenoxy) is 1. The Kier molecular flexibility index (Phi) is 40.6. The molecule has 0 aromatic rings. The number of allylic oxidation sites excluding steroid dienone is 4. The van der Waals surface area contributed by atoms with Crippen molar-refractivity contribution in [3.05, 3.63) is 24.3 Å². The Hall–Kier alpha value is -1.76. The van der Waals surface area contributed by atoms with E-state index in [1.54, 1.807) is 11.8 Å². The maximum absolute atomic E-state index is 10.9. The highest BCUT2D eigenvalue weighted by Gasteiger charge is 1.99. The van der Waals surface area contributed by atoms with Gasteiger partial charge in [-0.05, 0) is 88.6 Å². The predicted octanol–water partition coefficient (Wildman–Crippen LogP) is 10.7. The van der Waals surface area contributed by atoms with E-state index in [1.807, 2.05) is 11.8 Å². The molecule has 0 aromatic carbocycles. The molecule has 0 unspecified atom stereocenters. The maximum Gasteiger partial charge on any atom is 0.306 e. The fourth-order valence-corrected chi connectivity index (χ4v) is 5.92. The number of carbonyl (C=O) groups excluding carboxylic acids is 1. The second-order valence-electron chi connectivity index (χ2n) is 10.7. The van der Waals surface area contributed by atoms with Crippen molar-refractivity contribution < 1.29 is 19.4 Å². The molecule has 0 saturated heterocycles. The van der Waals surface area contributed by atoms with Crippen LogP contribution in [0.3, 0.4) is 0 Å². The van der Waals surface area contributed by atoms with Gasteiger partial charge < -0.3 is 9.84 Å². The van der Waals surface area contributed by atoms with Gasteiger partial charge in [0.2, 0.25) is 0 Å². The van der Waals surface area contributed by atoms with Gasteiger partial charge in [-0.3, -0.25) is 9.59 Å². The lowest BCUT2D eigenvalue weighted by atomic mass is 10.1. The summed E-state index contributed by atoms with van der Waals surface area (Å²) in [5.41, 5.74) is 0. The van der Waals surface area contributed by atoms with E-state index < -0.39 is 5.97 Å². The highest BCUT2D eigenvalue weighted by Crippen LogP contribution is 2.11. The monoisotopic (exact) mass is 634 g/mol. The molecule has 0 fully saturated rings. The number of rotatable bonds is 30. The first-order valence-corrected chi connectivity index (χ1v) is 19.0. The van der Waals surface area contributed by atoms with Crippen LogP contribution in [-0.2, 0) is 14.3 Å². The number of thioether (sulfide) groups is 2. The third-order valence-corrected chi connectivity index (χ3v) is 8.81. The molecular formula is C37H62O4S2. The molecule has 0 spiro atoms. The molecule has 0 heterocycles. The van der Waals surface area contributed by atoms with Crippen molar-refractivity contribution in [1.29, 1.82) is 0 Å². The summed E-state index contributed by atoms with van der Waals surface area (Å²) in [4.78, 5) is 21.2. The molecule has 0 saturated carbocycles. The summed E-state index contributed by atoms with van der Waals surface area (Å²) in [5, 5.41) is 8.50. The first-order chi connectivity index (χ1) is 21.1. The smallest absolute Gasteiger partial charge is 0.306 e. The van der Waals surface area contributed by atoms with Crippen LogP contribution in [-0.4, -0.2) is 47.2 Å². The summed E-state index contributed by atoms with van der Waals surface area (Å²) in [6.45, 7) is 0. The van der Waals surface area contributed by atoms with Crippen LogP contribution >= 0.6 is 23.5 Å². The summed E-state index contributed by atoms with van der Waals surface area (Å²) in [6.07, 6.45) is 44.7. The minimum atomic E-state index is -0.693. The zero-order valence-electron chi connectivity index (χ0n) is 27.3. The van der Waals surface area contributed by atoms with E-state index in [1.165, 1.54) is 116 Å². The minimum absolute atomic E-state index is 0.105. The normalized spacial score (nSPS) is 10.8. The molecule has 0 aromatic heterocycles. The number of hydrogen-bond acceptors (Lipinski definition) is 5. The Labute approximate surface area is 274 Å². The Morgan fingerprint density at radius 2 is 0.953 bits per heavy atom. The Morgan fingerprint density at radius 3 is 1.35 bits per heavy atom. The molecular weight excluding hydrogens is 573 g/mol. The van der Waals surface area contributed by atoms with Crippen LogP contribution in [0.4, 0.5) is 0 Å². The lowest BCUT2D eigenvalue weighted by Gasteiger charge is -2.00. The van der Waals surface area contributed by atoms with Gasteiger partial charge >= 0.3 is 11.9 Å². The molecule has 0 radical (unpaired) electrons. The van der Waals surface area contributed by atoms with Gasteiger partial charge in [-0.25, -0.2) is 0 Å². The molecule has 0 aliphatic heterocycles. The van der Waals surface area contributed by atoms with Crippen LogP contribution in [0.5, 0.6) is 0 Å². The van der Waals surface area contributed by atoms with Gasteiger partial charge in [0.25, 0.3) is 0 Å². The van der Waals surface area contributed by atoms with Crippen LogP contribution in [0.25, 0.3) is 0 Å². The van der Waals surface area contributed by atoms with Crippen LogP contribution in [0.15, 0.2) is 24.3 Å². The fraction of sp³-hybridized carbons (Fsp3) is 0.730. The molecule has 0 rings (SSSR count). The minimum Gasteiger partial charge on any atom is -0.481 e. The number of carboxylic acid groups (broad SMARTS) is 1. The Bertz CT molecular complexity index is 749. The van der Waals surface area contributed by atoms with Crippen molar-refractivity contribution in [2.45, 2.75) is 141 Å². The molecule has 246 valence electrons. The topological polar surface area (TPSA) is 63.6 Å². The average Bonchev–Trinajstić information content (AvgIpc) is 3.00. The van der Waals surface area contributed by atoms with E-state index in [4.69, 9.17) is 18.0 Å². The van der Waals surface area contributed by atoms with Crippen molar-refractivity contribution in [3.63, 3.8) is 0 Å². The van der Waals surface area contributed by atoms with Gasteiger partial charge in [-0.1, -0.05) is 62.8 Å². The fourth-order valence-electron chi connectivity index (χ4n) is 4.06. The van der Waals surface area contributed by atoms with E-state index in [0.717, 1.165) is 42.3 Å². The average molecular weight is 635 g/mol. The lowest BCUT2D eigenvalue weighted by Crippen LogP contribution is -2.01. The maximum atomic E-state index is 10.9. The second kappa shape index (κ2) is 40.2. The van der Waals surface area contributed by atoms with E-state index in [2.05, 4.69) is 40.9 Å². The molecule has 4 nitrogen and oxygen atoms in total. The number of carbonyl (C=O) groups is 2. The number of terminal acetylenes is 2. The summed E-state index contributed by atoms with van der Waals surface area (Å²) in [5.74, 6) is 8.42. The summed E-state index contributed by atoms with van der Waals surface area (Å²) < 4.78 is 4.61. The quantitative estimate of drug-likeness (QED) is 0.0367. The molecule has 0 atom stereocenters. The molecule has 1 N–H and O–H groups in total. The predicted molar refractivity (Wildman–Crippen MR) is 192 cm³/mol. The van der Waals surface area contributed by atoms with E-state index in [0.29, 0.717) is 6.42 Å². The van der Waals surface area contributed by atoms with Crippen molar-refractivity contribution in [2.75, 3.05) is 30.1 Å². The molecule has 0 bridgehead atoms. The summed E-state index contributed by atoms with van der Waals surface area (Å²) in [6, 6.07) is 0. The van der Waals surface area contributed by atoms with Gasteiger partial charge in [0.15, 0.2) is 0 Å². The highest BCUT2D eigenvalue weighted by atomic mass is 32.2. The zero-order valence-corrected chi connectivity index (χ0v) is 29.0. The number of carboxylic acids is 1. The molecule has 0 aliphatic carbocycles.